The van der Waals surface area contributed by atoms with Crippen LogP contribution in [0.2, 0.25) is 0 Å². The third kappa shape index (κ3) is 6.21. The lowest BCUT2D eigenvalue weighted by molar-refractivity contribution is -0.138. The Hall–Kier alpha value is -3.35. The Morgan fingerprint density at radius 3 is 2.23 bits per heavy atom. The van der Waals surface area contributed by atoms with Crippen molar-refractivity contribution in [2.75, 3.05) is 25.0 Å². The van der Waals surface area contributed by atoms with Gasteiger partial charge in [-0.3, -0.25) is 9.59 Å². The molecule has 2 N–H and O–H groups in total. The van der Waals surface area contributed by atoms with Crippen molar-refractivity contribution in [2.45, 2.75) is 58.0 Å². The van der Waals surface area contributed by atoms with Crippen LogP contribution in [0.15, 0.2) is 54.6 Å². The standard InChI is InChI=1S/C28H36N4O3/c1-20-11-13-24(14-12-20)29-28(35)31-18-15-22(16-19-31)25(27(34)32-17-7-6-8-21(32)2)30-26(33)23-9-4-3-5-10-23/h3-5,9-14,21-22,25H,6-8,15-19H2,1-2H3,(H,29,35)(H,30,33)/t21-,25+/m1/s1. The largest absolute Gasteiger partial charge is 0.340 e. The molecule has 2 fully saturated rings. The minimum Gasteiger partial charge on any atom is -0.340 e. The predicted octanol–water partition coefficient (Wildman–Crippen LogP) is 4.44. The first-order valence-electron chi connectivity index (χ1n) is 12.7. The summed E-state index contributed by atoms with van der Waals surface area (Å²) in [4.78, 5) is 43.2. The van der Waals surface area contributed by atoms with E-state index >= 15 is 0 Å². The van der Waals surface area contributed by atoms with Crippen molar-refractivity contribution in [2.24, 2.45) is 5.92 Å². The number of piperidine rings is 2. The van der Waals surface area contributed by atoms with Crippen molar-refractivity contribution in [1.82, 2.24) is 15.1 Å². The van der Waals surface area contributed by atoms with Gasteiger partial charge in [-0.15, -0.1) is 0 Å². The lowest BCUT2D eigenvalue weighted by Gasteiger charge is -2.40. The second-order valence-electron chi connectivity index (χ2n) is 9.81. The summed E-state index contributed by atoms with van der Waals surface area (Å²) in [5.41, 5.74) is 2.46. The Labute approximate surface area is 207 Å². The summed E-state index contributed by atoms with van der Waals surface area (Å²) in [5.74, 6) is -0.245. The first-order chi connectivity index (χ1) is 16.9. The highest BCUT2D eigenvalue weighted by atomic mass is 16.2. The van der Waals surface area contributed by atoms with E-state index in [1.165, 1.54) is 0 Å². The van der Waals surface area contributed by atoms with Gasteiger partial charge in [0.15, 0.2) is 0 Å². The fraction of sp³-hybridized carbons (Fsp3) is 0.464. The number of carbonyl (C=O) groups is 3. The molecule has 0 saturated carbocycles. The number of anilines is 1. The Morgan fingerprint density at radius 1 is 0.886 bits per heavy atom. The van der Waals surface area contributed by atoms with E-state index in [1.807, 2.05) is 54.3 Å². The smallest absolute Gasteiger partial charge is 0.321 e. The van der Waals surface area contributed by atoms with Crippen LogP contribution in [-0.4, -0.2) is 59.4 Å². The molecule has 4 rings (SSSR count). The summed E-state index contributed by atoms with van der Waals surface area (Å²) in [6.45, 7) is 5.92. The van der Waals surface area contributed by atoms with Gasteiger partial charge in [0, 0.05) is 36.9 Å². The second kappa shape index (κ2) is 11.4. The minimum absolute atomic E-state index is 0.00374. The van der Waals surface area contributed by atoms with E-state index in [1.54, 1.807) is 17.0 Å². The molecule has 2 aliphatic rings. The molecule has 186 valence electrons. The summed E-state index contributed by atoms with van der Waals surface area (Å²) in [5, 5.41) is 6.02. The third-order valence-corrected chi connectivity index (χ3v) is 7.28. The number of rotatable bonds is 5. The number of amides is 4. The number of nitrogens with zero attached hydrogens (tertiary/aromatic N) is 2. The first kappa shape index (κ1) is 24.8. The quantitative estimate of drug-likeness (QED) is 0.669. The molecule has 2 aromatic carbocycles. The highest BCUT2D eigenvalue weighted by Gasteiger charge is 2.38. The van der Waals surface area contributed by atoms with Crippen LogP contribution in [0.3, 0.4) is 0 Å². The lowest BCUT2D eigenvalue weighted by atomic mass is 9.87. The molecule has 0 aromatic heterocycles. The van der Waals surface area contributed by atoms with Crippen molar-refractivity contribution in [3.8, 4) is 0 Å². The van der Waals surface area contributed by atoms with Crippen molar-refractivity contribution >= 4 is 23.5 Å². The van der Waals surface area contributed by atoms with Crippen molar-refractivity contribution in [1.29, 1.82) is 0 Å². The van der Waals surface area contributed by atoms with Gasteiger partial charge < -0.3 is 20.4 Å². The predicted molar refractivity (Wildman–Crippen MR) is 137 cm³/mol. The number of carbonyl (C=O) groups excluding carboxylic acids is 3. The second-order valence-corrected chi connectivity index (χ2v) is 9.81. The highest BCUT2D eigenvalue weighted by Crippen LogP contribution is 2.26. The van der Waals surface area contributed by atoms with Crippen LogP contribution in [0.5, 0.6) is 0 Å². The molecule has 0 aliphatic carbocycles. The molecule has 2 heterocycles. The molecule has 2 saturated heterocycles. The summed E-state index contributed by atoms with van der Waals surface area (Å²) in [6, 6.07) is 16.2. The maximum atomic E-state index is 13.7. The summed E-state index contributed by atoms with van der Waals surface area (Å²) in [6.07, 6.45) is 4.43. The van der Waals surface area contributed by atoms with Gasteiger partial charge in [-0.25, -0.2) is 4.79 Å². The molecule has 7 nitrogen and oxygen atoms in total. The molecular formula is C28H36N4O3. The van der Waals surface area contributed by atoms with Crippen LogP contribution in [0.1, 0.15) is 54.9 Å². The molecule has 35 heavy (non-hydrogen) atoms. The maximum Gasteiger partial charge on any atom is 0.321 e. The number of likely N-dealkylation sites (tertiary alicyclic amines) is 2. The van der Waals surface area contributed by atoms with Crippen LogP contribution < -0.4 is 10.6 Å². The van der Waals surface area contributed by atoms with E-state index in [4.69, 9.17) is 0 Å². The molecule has 0 radical (unpaired) electrons. The number of hydrogen-bond acceptors (Lipinski definition) is 3. The zero-order chi connectivity index (χ0) is 24.8. The number of aryl methyl sites for hydroxylation is 1. The maximum absolute atomic E-state index is 13.7. The molecule has 0 spiro atoms. The zero-order valence-electron chi connectivity index (χ0n) is 20.7. The summed E-state index contributed by atoms with van der Waals surface area (Å²) in [7, 11) is 0. The Kier molecular flexibility index (Phi) is 8.06. The third-order valence-electron chi connectivity index (χ3n) is 7.28. The normalized spacial score (nSPS) is 19.7. The molecule has 7 heteroatoms. The molecule has 4 amide bonds. The summed E-state index contributed by atoms with van der Waals surface area (Å²) < 4.78 is 0. The molecular weight excluding hydrogens is 440 g/mol. The van der Waals surface area contributed by atoms with Crippen LogP contribution in [0, 0.1) is 12.8 Å². The fourth-order valence-electron chi connectivity index (χ4n) is 5.07. The van der Waals surface area contributed by atoms with E-state index in [2.05, 4.69) is 17.6 Å². The lowest BCUT2D eigenvalue weighted by Crippen LogP contribution is -2.57. The van der Waals surface area contributed by atoms with Gasteiger partial charge >= 0.3 is 6.03 Å². The van der Waals surface area contributed by atoms with Crippen LogP contribution in [-0.2, 0) is 4.79 Å². The zero-order valence-corrected chi connectivity index (χ0v) is 20.7. The number of urea groups is 1. The van der Waals surface area contributed by atoms with E-state index in [0.717, 1.165) is 37.1 Å². The fourth-order valence-corrected chi connectivity index (χ4v) is 5.07. The number of nitrogens with one attached hydrogen (secondary N) is 2. The van der Waals surface area contributed by atoms with Gasteiger partial charge in [-0.2, -0.15) is 0 Å². The van der Waals surface area contributed by atoms with Gasteiger partial charge in [0.2, 0.25) is 5.91 Å². The monoisotopic (exact) mass is 476 g/mol. The van der Waals surface area contributed by atoms with Gasteiger partial charge in [0.05, 0.1) is 0 Å². The Bertz CT molecular complexity index is 1020. The Balaban J connectivity index is 1.43. The van der Waals surface area contributed by atoms with Crippen molar-refractivity contribution < 1.29 is 14.4 Å². The molecule has 2 atom stereocenters. The molecule has 0 bridgehead atoms. The molecule has 0 unspecified atom stereocenters. The van der Waals surface area contributed by atoms with Crippen LogP contribution >= 0.6 is 0 Å². The van der Waals surface area contributed by atoms with Crippen molar-refractivity contribution in [3.63, 3.8) is 0 Å². The average molecular weight is 477 g/mol. The molecule has 2 aliphatic heterocycles. The minimum atomic E-state index is -0.592. The van der Waals surface area contributed by atoms with Gasteiger partial charge in [0.1, 0.15) is 6.04 Å². The van der Waals surface area contributed by atoms with E-state index in [0.29, 0.717) is 31.5 Å². The van der Waals surface area contributed by atoms with Gasteiger partial charge in [-0.05, 0) is 76.1 Å². The number of hydrogen-bond donors (Lipinski definition) is 2. The number of benzene rings is 2. The van der Waals surface area contributed by atoms with Crippen LogP contribution in [0.4, 0.5) is 10.5 Å². The SMILES string of the molecule is Cc1ccc(NC(=O)N2CCC([C@H](NC(=O)c3ccccc3)C(=O)N3CCCC[C@H]3C)CC2)cc1. The van der Waals surface area contributed by atoms with E-state index in [9.17, 15) is 14.4 Å². The average Bonchev–Trinajstić information content (AvgIpc) is 2.89. The van der Waals surface area contributed by atoms with Crippen LogP contribution in [0.25, 0.3) is 0 Å². The topological polar surface area (TPSA) is 81.8 Å². The van der Waals surface area contributed by atoms with Crippen molar-refractivity contribution in [3.05, 3.63) is 65.7 Å². The van der Waals surface area contributed by atoms with Gasteiger partial charge in [-0.1, -0.05) is 35.9 Å². The van der Waals surface area contributed by atoms with E-state index in [-0.39, 0.29) is 29.8 Å². The first-order valence-corrected chi connectivity index (χ1v) is 12.7. The summed E-state index contributed by atoms with van der Waals surface area (Å²) >= 11 is 0. The molecule has 2 aromatic rings. The Morgan fingerprint density at radius 2 is 1.57 bits per heavy atom. The van der Waals surface area contributed by atoms with Gasteiger partial charge in [0.25, 0.3) is 5.91 Å². The van der Waals surface area contributed by atoms with E-state index < -0.39 is 6.04 Å². The highest BCUT2D eigenvalue weighted by molar-refractivity contribution is 5.97.